The van der Waals surface area contributed by atoms with Gasteiger partial charge in [-0.05, 0) is 92.5 Å². The van der Waals surface area contributed by atoms with Crippen LogP contribution in [0.3, 0.4) is 0 Å². The smallest absolute Gasteiger partial charge is 0.264 e. The number of methoxy groups -OCH3 is 1. The number of carbonyl (C=O) groups excluding carboxylic acids is 1. The van der Waals surface area contributed by atoms with Gasteiger partial charge >= 0.3 is 0 Å². The highest BCUT2D eigenvalue weighted by atomic mass is 35.5. The lowest BCUT2D eigenvalue weighted by Crippen LogP contribution is -2.41. The van der Waals surface area contributed by atoms with Crippen LogP contribution in [0.4, 0.5) is 10.1 Å². The Morgan fingerprint density at radius 3 is 2.72 bits per heavy atom. The number of amides is 1. The molecule has 1 N–H and O–H groups in total. The number of halogens is 2. The normalized spacial score (nSPS) is 29.6. The highest BCUT2D eigenvalue weighted by Gasteiger charge is 2.39. The fourth-order valence-corrected chi connectivity index (χ4v) is 7.62. The first-order valence-electron chi connectivity index (χ1n) is 14.9. The van der Waals surface area contributed by atoms with Crippen LogP contribution in [-0.2, 0) is 32.5 Å². The number of ether oxygens (including phenoxy) is 3. The van der Waals surface area contributed by atoms with Crippen molar-refractivity contribution >= 4 is 33.2 Å². The second-order valence-electron chi connectivity index (χ2n) is 11.8. The Morgan fingerprint density at radius 1 is 1.12 bits per heavy atom. The lowest BCUT2D eigenvalue weighted by Gasteiger charge is -2.33. The van der Waals surface area contributed by atoms with Crippen LogP contribution in [0, 0.1) is 11.8 Å². The van der Waals surface area contributed by atoms with Crippen molar-refractivity contribution in [1.82, 2.24) is 4.72 Å². The second kappa shape index (κ2) is 13.5. The molecule has 2 aromatic rings. The van der Waals surface area contributed by atoms with Gasteiger partial charge in [-0.25, -0.2) is 17.5 Å². The van der Waals surface area contributed by atoms with Crippen LogP contribution in [0.1, 0.15) is 61.0 Å². The number of anilines is 1. The van der Waals surface area contributed by atoms with Crippen molar-refractivity contribution in [2.75, 3.05) is 31.7 Å². The summed E-state index contributed by atoms with van der Waals surface area (Å²) in [4.78, 5) is 15.5. The largest absolute Gasteiger partial charge is 0.487 e. The number of rotatable bonds is 1. The third kappa shape index (κ3) is 7.19. The van der Waals surface area contributed by atoms with E-state index in [1.807, 2.05) is 18.2 Å². The topological polar surface area (TPSA) is 94.2 Å². The van der Waals surface area contributed by atoms with Gasteiger partial charge in [-0.15, -0.1) is 0 Å². The van der Waals surface area contributed by atoms with Crippen LogP contribution in [0.2, 0.25) is 5.02 Å². The van der Waals surface area contributed by atoms with Gasteiger partial charge in [-0.2, -0.15) is 0 Å². The molecule has 5 rings (SSSR count). The molecule has 3 aliphatic heterocycles. The molecule has 0 aromatic heterocycles. The maximum atomic E-state index is 15.6. The predicted molar refractivity (Wildman–Crippen MR) is 165 cm³/mol. The van der Waals surface area contributed by atoms with Crippen LogP contribution in [0.15, 0.2) is 48.3 Å². The predicted octanol–water partition coefficient (Wildman–Crippen LogP) is 5.82. The summed E-state index contributed by atoms with van der Waals surface area (Å²) in [5, 5.41) is -0.270. The van der Waals surface area contributed by atoms with Crippen molar-refractivity contribution < 1.29 is 31.8 Å². The van der Waals surface area contributed by atoms with Crippen LogP contribution >= 0.6 is 11.6 Å². The standard InChI is InChI=1S/C32H40ClFN2O6S/c1-20-7-11-27(34)31(40-3)30-24(13-15-41-30)18-36-14-5-4-6-22-16-26(33)10-8-25(22)19-42-29-12-9-23(17-28(29)36)32(37)35-43(38,39)21(20)2/h8-12,16-17,20-21,24,30-31H,4-7,13-15,18-19H2,1-3H3,(H,35,37)/b27-11-/t20-,21+,24-,30+,31-/m0/s1. The number of nitrogens with zero attached hydrogens (tertiary/aromatic N) is 1. The van der Waals surface area contributed by atoms with E-state index < -0.39 is 45.1 Å². The van der Waals surface area contributed by atoms with Gasteiger partial charge in [0.15, 0.2) is 0 Å². The maximum absolute atomic E-state index is 15.6. The summed E-state index contributed by atoms with van der Waals surface area (Å²) >= 11 is 6.30. The van der Waals surface area contributed by atoms with E-state index in [4.69, 9.17) is 25.8 Å². The van der Waals surface area contributed by atoms with Gasteiger partial charge in [0.05, 0.1) is 17.0 Å². The lowest BCUT2D eigenvalue weighted by atomic mass is 9.94. The molecule has 1 saturated heterocycles. The van der Waals surface area contributed by atoms with E-state index in [0.29, 0.717) is 42.8 Å². The molecule has 3 heterocycles. The Hall–Kier alpha value is -2.66. The third-order valence-electron chi connectivity index (χ3n) is 8.99. The average Bonchev–Trinajstić information content (AvgIpc) is 3.42. The van der Waals surface area contributed by atoms with Gasteiger partial charge in [0, 0.05) is 43.3 Å². The number of sulfonamides is 1. The summed E-state index contributed by atoms with van der Waals surface area (Å²) in [6, 6.07) is 10.8. The minimum atomic E-state index is -4.05. The number of carbonyl (C=O) groups is 1. The molecule has 0 aliphatic carbocycles. The Labute approximate surface area is 258 Å². The molecule has 11 heteroatoms. The van der Waals surface area contributed by atoms with Crippen molar-refractivity contribution in [2.24, 2.45) is 11.8 Å². The van der Waals surface area contributed by atoms with Gasteiger partial charge in [-0.1, -0.05) is 24.6 Å². The van der Waals surface area contributed by atoms with Gasteiger partial charge in [0.1, 0.15) is 24.3 Å². The summed E-state index contributed by atoms with van der Waals surface area (Å²) in [6.07, 6.45) is 3.42. The number of hydrogen-bond acceptors (Lipinski definition) is 7. The molecule has 5 atom stereocenters. The van der Waals surface area contributed by atoms with E-state index in [-0.39, 0.29) is 17.9 Å². The first-order valence-corrected chi connectivity index (χ1v) is 16.8. The molecule has 2 bridgehead atoms. The van der Waals surface area contributed by atoms with Crippen LogP contribution in [0.5, 0.6) is 5.75 Å². The fourth-order valence-electron chi connectivity index (χ4n) is 6.15. The maximum Gasteiger partial charge on any atom is 0.264 e. The summed E-state index contributed by atoms with van der Waals surface area (Å²) < 4.78 is 62.3. The van der Waals surface area contributed by atoms with E-state index in [1.165, 1.54) is 20.1 Å². The molecule has 0 spiro atoms. The van der Waals surface area contributed by atoms with Gasteiger partial charge in [0.25, 0.3) is 5.91 Å². The van der Waals surface area contributed by atoms with Crippen molar-refractivity contribution in [3.63, 3.8) is 0 Å². The van der Waals surface area contributed by atoms with Gasteiger partial charge in [-0.3, -0.25) is 4.79 Å². The number of allylic oxidation sites excluding steroid dienone is 1. The van der Waals surface area contributed by atoms with E-state index in [2.05, 4.69) is 9.62 Å². The number of fused-ring (bicyclic) bond motifs is 3. The molecular weight excluding hydrogens is 595 g/mol. The van der Waals surface area contributed by atoms with Crippen molar-refractivity contribution in [2.45, 2.75) is 70.0 Å². The minimum absolute atomic E-state index is 0.0554. The molecule has 0 radical (unpaired) electrons. The monoisotopic (exact) mass is 634 g/mol. The Balaban J connectivity index is 1.58. The SMILES string of the molecule is CO[C@H]1/C(F)=C/C[C@H](C)[C@@H](C)S(=O)(=O)NC(=O)c2ccc3c(c2)N(CCCCc2cc(Cl)ccc2CO3)C[C@@H]2CCO[C@H]21. The number of nitrogens with one attached hydrogen (secondary N) is 1. The molecule has 43 heavy (non-hydrogen) atoms. The lowest BCUT2D eigenvalue weighted by molar-refractivity contribution is -0.0321. The first kappa shape index (κ1) is 31.8. The van der Waals surface area contributed by atoms with Gasteiger partial charge < -0.3 is 19.1 Å². The van der Waals surface area contributed by atoms with Crippen molar-refractivity contribution in [3.05, 3.63) is 70.0 Å². The molecule has 2 aromatic carbocycles. The zero-order valence-electron chi connectivity index (χ0n) is 24.9. The highest BCUT2D eigenvalue weighted by Crippen LogP contribution is 2.37. The van der Waals surface area contributed by atoms with Gasteiger partial charge in [0.2, 0.25) is 10.0 Å². The number of benzene rings is 2. The second-order valence-corrected chi connectivity index (χ2v) is 14.3. The molecule has 1 amide bonds. The van der Waals surface area contributed by atoms with Crippen LogP contribution in [0.25, 0.3) is 0 Å². The highest BCUT2D eigenvalue weighted by molar-refractivity contribution is 7.90. The molecule has 1 fully saturated rings. The van der Waals surface area contributed by atoms with Crippen molar-refractivity contribution in [1.29, 1.82) is 0 Å². The average molecular weight is 635 g/mol. The van der Waals surface area contributed by atoms with E-state index in [1.54, 1.807) is 25.1 Å². The van der Waals surface area contributed by atoms with Crippen LogP contribution < -0.4 is 14.4 Å². The Bertz CT molecular complexity index is 1470. The van der Waals surface area contributed by atoms with Crippen LogP contribution in [-0.4, -0.2) is 58.6 Å². The van der Waals surface area contributed by atoms with E-state index in [0.717, 1.165) is 36.8 Å². The fraction of sp³-hybridized carbons (Fsp3) is 0.531. The Kier molecular flexibility index (Phi) is 10.0. The molecule has 234 valence electrons. The Morgan fingerprint density at radius 2 is 1.93 bits per heavy atom. The minimum Gasteiger partial charge on any atom is -0.487 e. The summed E-state index contributed by atoms with van der Waals surface area (Å²) in [5.74, 6) is -1.15. The quantitative estimate of drug-likeness (QED) is 0.422. The summed E-state index contributed by atoms with van der Waals surface area (Å²) in [6.45, 7) is 5.19. The van der Waals surface area contributed by atoms with E-state index in [9.17, 15) is 13.2 Å². The number of hydrogen-bond donors (Lipinski definition) is 1. The van der Waals surface area contributed by atoms with Crippen molar-refractivity contribution in [3.8, 4) is 5.75 Å². The summed E-state index contributed by atoms with van der Waals surface area (Å²) in [7, 11) is -2.58. The van der Waals surface area contributed by atoms with E-state index >= 15 is 4.39 Å². The number of aryl methyl sites for hydroxylation is 1. The summed E-state index contributed by atoms with van der Waals surface area (Å²) in [5.41, 5.74) is 3.05. The first-order chi connectivity index (χ1) is 20.6. The molecule has 8 nitrogen and oxygen atoms in total. The third-order valence-corrected chi connectivity index (χ3v) is 11.1. The molecule has 0 saturated carbocycles. The zero-order valence-corrected chi connectivity index (χ0v) is 26.4. The molecule has 3 aliphatic rings. The molecular formula is C32H40ClFN2O6S. The zero-order chi connectivity index (χ0) is 30.7. The molecule has 0 unspecified atom stereocenters.